The first-order valence-electron chi connectivity index (χ1n) is 10.3. The minimum atomic E-state index is -0.601. The molecule has 0 unspecified atom stereocenters. The van der Waals surface area contributed by atoms with Gasteiger partial charge in [0.05, 0.1) is 12.1 Å². The lowest BCUT2D eigenvalue weighted by Crippen LogP contribution is -2.49. The number of rotatable bonds is 11. The Morgan fingerprint density at radius 2 is 2.03 bits per heavy atom. The minimum Gasteiger partial charge on any atom is -0.362 e. The number of nitrogens with zero attached hydrogens (tertiary/aromatic N) is 1. The van der Waals surface area contributed by atoms with E-state index in [1.165, 1.54) is 11.1 Å². The molecule has 0 spiro atoms. The Balaban J connectivity index is 1.54. The summed E-state index contributed by atoms with van der Waals surface area (Å²) in [7, 11) is 0. The molecule has 158 valence electrons. The van der Waals surface area contributed by atoms with Crippen LogP contribution in [0.15, 0.2) is 30.5 Å². The second-order valence-corrected chi connectivity index (χ2v) is 9.28. The zero-order chi connectivity index (χ0) is 21.2. The first-order valence-corrected chi connectivity index (χ1v) is 10.3. The van der Waals surface area contributed by atoms with E-state index in [4.69, 9.17) is 4.74 Å². The van der Waals surface area contributed by atoms with Crippen LogP contribution in [0.3, 0.4) is 0 Å². The van der Waals surface area contributed by atoms with Gasteiger partial charge in [0, 0.05) is 23.8 Å². The molecule has 1 fully saturated rings. The Morgan fingerprint density at radius 1 is 1.31 bits per heavy atom. The zero-order valence-corrected chi connectivity index (χ0v) is 18.0. The second-order valence-electron chi connectivity index (χ2n) is 9.28. The summed E-state index contributed by atoms with van der Waals surface area (Å²) in [5.74, 6) is 0.183. The van der Waals surface area contributed by atoms with Gasteiger partial charge in [-0.3, -0.25) is 9.59 Å². The van der Waals surface area contributed by atoms with Gasteiger partial charge in [0.1, 0.15) is 5.72 Å². The van der Waals surface area contributed by atoms with Crippen LogP contribution in [-0.4, -0.2) is 41.1 Å². The molecule has 6 heteroatoms. The van der Waals surface area contributed by atoms with Gasteiger partial charge in [-0.15, -0.1) is 0 Å². The third-order valence-electron chi connectivity index (χ3n) is 5.50. The molecule has 6 nitrogen and oxygen atoms in total. The van der Waals surface area contributed by atoms with Crippen molar-refractivity contribution in [3.8, 4) is 0 Å². The molecular weight excluding hydrogens is 366 g/mol. The van der Waals surface area contributed by atoms with E-state index in [-0.39, 0.29) is 5.91 Å². The molecule has 0 radical (unpaired) electrons. The zero-order valence-electron chi connectivity index (χ0n) is 18.0. The summed E-state index contributed by atoms with van der Waals surface area (Å²) in [4.78, 5) is 25.3. The SMILES string of the molecule is C=C(CCc1cccc2c1CN(C1CC1)C2=O)NC(C)(C)OCC(C)(C)NC=O. The fourth-order valence-electron chi connectivity index (χ4n) is 3.71. The van der Waals surface area contributed by atoms with Gasteiger partial charge < -0.3 is 20.3 Å². The monoisotopic (exact) mass is 399 g/mol. The van der Waals surface area contributed by atoms with Crippen LogP contribution in [0.25, 0.3) is 0 Å². The van der Waals surface area contributed by atoms with Crippen LogP contribution in [0.4, 0.5) is 0 Å². The van der Waals surface area contributed by atoms with Crippen molar-refractivity contribution in [3.63, 3.8) is 0 Å². The van der Waals surface area contributed by atoms with Gasteiger partial charge in [0.15, 0.2) is 0 Å². The number of allylic oxidation sites excluding steroid dienone is 1. The van der Waals surface area contributed by atoms with Crippen LogP contribution in [-0.2, 0) is 22.5 Å². The van der Waals surface area contributed by atoms with Crippen molar-refractivity contribution in [1.82, 2.24) is 15.5 Å². The highest BCUT2D eigenvalue weighted by Gasteiger charge is 2.38. The van der Waals surface area contributed by atoms with Gasteiger partial charge in [0.25, 0.3) is 5.91 Å². The summed E-state index contributed by atoms with van der Waals surface area (Å²) in [6, 6.07) is 6.48. The number of hydrogen-bond acceptors (Lipinski definition) is 4. The molecule has 2 amide bonds. The lowest BCUT2D eigenvalue weighted by atomic mass is 9.99. The van der Waals surface area contributed by atoms with Crippen LogP contribution in [0.5, 0.6) is 0 Å². The second kappa shape index (κ2) is 8.19. The first-order chi connectivity index (χ1) is 13.6. The first kappa shape index (κ1) is 21.4. The number of benzene rings is 1. The number of carbonyl (C=O) groups is 2. The number of fused-ring (bicyclic) bond motifs is 1. The molecule has 0 saturated heterocycles. The van der Waals surface area contributed by atoms with Gasteiger partial charge in [-0.2, -0.15) is 0 Å². The van der Waals surface area contributed by atoms with Crippen molar-refractivity contribution >= 4 is 12.3 Å². The topological polar surface area (TPSA) is 70.7 Å². The van der Waals surface area contributed by atoms with Gasteiger partial charge in [0.2, 0.25) is 6.41 Å². The predicted octanol–water partition coefficient (Wildman–Crippen LogP) is 3.12. The minimum absolute atomic E-state index is 0.183. The van der Waals surface area contributed by atoms with Crippen LogP contribution in [0.2, 0.25) is 0 Å². The highest BCUT2D eigenvalue weighted by Crippen LogP contribution is 2.36. The number of aryl methyl sites for hydroxylation is 1. The van der Waals surface area contributed by atoms with Gasteiger partial charge in [-0.25, -0.2) is 0 Å². The normalized spacial score (nSPS) is 16.6. The summed E-state index contributed by atoms with van der Waals surface area (Å²) in [5.41, 5.74) is 3.10. The van der Waals surface area contributed by atoms with Crippen molar-refractivity contribution in [2.24, 2.45) is 0 Å². The van der Waals surface area contributed by atoms with Crippen molar-refractivity contribution in [2.75, 3.05) is 6.61 Å². The van der Waals surface area contributed by atoms with E-state index in [0.29, 0.717) is 19.1 Å². The Bertz CT molecular complexity index is 797. The van der Waals surface area contributed by atoms with Crippen LogP contribution < -0.4 is 10.6 Å². The maximum absolute atomic E-state index is 12.6. The fourth-order valence-corrected chi connectivity index (χ4v) is 3.71. The molecule has 0 aromatic heterocycles. The smallest absolute Gasteiger partial charge is 0.254 e. The van der Waals surface area contributed by atoms with Crippen molar-refractivity contribution < 1.29 is 14.3 Å². The van der Waals surface area contributed by atoms with E-state index in [0.717, 1.165) is 43.5 Å². The molecule has 1 heterocycles. The van der Waals surface area contributed by atoms with Gasteiger partial charge in [-0.05, 0) is 70.6 Å². The lowest BCUT2D eigenvalue weighted by molar-refractivity contribution is -0.113. The van der Waals surface area contributed by atoms with E-state index in [1.54, 1.807) is 0 Å². The van der Waals surface area contributed by atoms with Crippen LogP contribution in [0.1, 0.15) is 68.4 Å². The Labute approximate surface area is 173 Å². The quantitative estimate of drug-likeness (QED) is 0.443. The molecule has 0 atom stereocenters. The molecule has 1 aromatic rings. The summed E-state index contributed by atoms with van der Waals surface area (Å²) < 4.78 is 5.96. The highest BCUT2D eigenvalue weighted by molar-refractivity contribution is 5.99. The van der Waals surface area contributed by atoms with Crippen molar-refractivity contribution in [2.45, 2.75) is 77.2 Å². The molecular formula is C23H33N3O3. The average molecular weight is 400 g/mol. The number of hydrogen-bond donors (Lipinski definition) is 2. The molecule has 1 aliphatic heterocycles. The summed E-state index contributed by atoms with van der Waals surface area (Å²) >= 11 is 0. The van der Waals surface area contributed by atoms with Crippen LogP contribution >= 0.6 is 0 Å². The molecule has 2 N–H and O–H groups in total. The molecule has 29 heavy (non-hydrogen) atoms. The third kappa shape index (κ3) is 5.38. The summed E-state index contributed by atoms with van der Waals surface area (Å²) in [6.45, 7) is 13.0. The lowest BCUT2D eigenvalue weighted by Gasteiger charge is -2.33. The maximum Gasteiger partial charge on any atom is 0.254 e. The van der Waals surface area contributed by atoms with E-state index in [9.17, 15) is 9.59 Å². The van der Waals surface area contributed by atoms with Crippen LogP contribution in [0, 0.1) is 0 Å². The Hall–Kier alpha value is -2.34. The maximum atomic E-state index is 12.6. The van der Waals surface area contributed by atoms with E-state index >= 15 is 0 Å². The molecule has 0 bridgehead atoms. The molecule has 3 rings (SSSR count). The molecule has 2 aliphatic rings. The summed E-state index contributed by atoms with van der Waals surface area (Å²) in [6.07, 6.45) is 4.54. The molecule has 1 aromatic carbocycles. The van der Waals surface area contributed by atoms with Crippen molar-refractivity contribution in [1.29, 1.82) is 0 Å². The Morgan fingerprint density at radius 3 is 2.69 bits per heavy atom. The average Bonchev–Trinajstić information content (AvgIpc) is 3.42. The fraction of sp³-hybridized carbons (Fsp3) is 0.565. The van der Waals surface area contributed by atoms with E-state index in [2.05, 4.69) is 23.3 Å². The number of carbonyl (C=O) groups excluding carboxylic acids is 2. The molecule has 1 aliphatic carbocycles. The number of ether oxygens (including phenoxy) is 1. The van der Waals surface area contributed by atoms with E-state index < -0.39 is 11.3 Å². The molecule has 1 saturated carbocycles. The van der Waals surface area contributed by atoms with Crippen molar-refractivity contribution in [3.05, 3.63) is 47.2 Å². The third-order valence-corrected chi connectivity index (χ3v) is 5.50. The predicted molar refractivity (Wildman–Crippen MR) is 113 cm³/mol. The van der Waals surface area contributed by atoms with E-state index in [1.807, 2.05) is 44.7 Å². The number of nitrogens with one attached hydrogen (secondary N) is 2. The largest absolute Gasteiger partial charge is 0.362 e. The van der Waals surface area contributed by atoms with Gasteiger partial charge >= 0.3 is 0 Å². The standard InChI is InChI=1S/C23H33N3O3/c1-16(25-23(4,5)29-14-22(2,3)24-15-27)9-10-17-7-6-8-19-20(17)13-26(21(19)28)18-11-12-18/h6-8,15,18,25H,1,9-14H2,2-5H3,(H,24,27). The highest BCUT2D eigenvalue weighted by atomic mass is 16.5. The Kier molecular flexibility index (Phi) is 6.03. The summed E-state index contributed by atoms with van der Waals surface area (Å²) in [5, 5.41) is 6.09. The van der Waals surface area contributed by atoms with Gasteiger partial charge in [-0.1, -0.05) is 18.7 Å². The number of amides is 2.